The van der Waals surface area contributed by atoms with Crippen LogP contribution >= 0.6 is 23.8 Å². The van der Waals surface area contributed by atoms with Crippen LogP contribution in [0.4, 0.5) is 5.69 Å². The topological polar surface area (TPSA) is 33.3 Å². The molecular weight excluding hydrogens is 388 g/mol. The number of ether oxygens (including phenoxy) is 1. The Kier molecular flexibility index (Phi) is 6.55. The highest BCUT2D eigenvalue weighted by atomic mass is 35.5. The standard InChI is InChI=1S/C23H23ClN2OS/c1-15-9-11-19(16(2)13-15)22(17-7-5-4-6-8-17)26-23(28)25-18-10-12-21(27-3)20(24)14-18/h4-14,22H,1-3H3,(H2,25,26,28)/t22-/m0/s1. The molecule has 144 valence electrons. The number of rotatable bonds is 5. The molecule has 3 aromatic rings. The molecule has 28 heavy (non-hydrogen) atoms. The summed E-state index contributed by atoms with van der Waals surface area (Å²) in [5.41, 5.74) is 5.59. The normalized spacial score (nSPS) is 11.6. The van der Waals surface area contributed by atoms with Crippen LogP contribution in [-0.2, 0) is 0 Å². The molecule has 5 heteroatoms. The van der Waals surface area contributed by atoms with E-state index in [4.69, 9.17) is 28.6 Å². The second kappa shape index (κ2) is 9.09. The highest BCUT2D eigenvalue weighted by Gasteiger charge is 2.17. The maximum Gasteiger partial charge on any atom is 0.171 e. The highest BCUT2D eigenvalue weighted by molar-refractivity contribution is 7.80. The summed E-state index contributed by atoms with van der Waals surface area (Å²) in [4.78, 5) is 0. The Labute approximate surface area is 176 Å². The fourth-order valence-electron chi connectivity index (χ4n) is 3.18. The number of hydrogen-bond acceptors (Lipinski definition) is 2. The van der Waals surface area contributed by atoms with Crippen LogP contribution < -0.4 is 15.4 Å². The van der Waals surface area contributed by atoms with Crippen molar-refractivity contribution < 1.29 is 4.74 Å². The van der Waals surface area contributed by atoms with E-state index in [0.29, 0.717) is 15.9 Å². The van der Waals surface area contributed by atoms with Crippen molar-refractivity contribution in [3.63, 3.8) is 0 Å². The first kappa shape index (κ1) is 20.2. The Hall–Kier alpha value is -2.56. The average Bonchev–Trinajstić information content (AvgIpc) is 2.67. The zero-order valence-electron chi connectivity index (χ0n) is 16.1. The van der Waals surface area contributed by atoms with Gasteiger partial charge in [0.25, 0.3) is 0 Å². The van der Waals surface area contributed by atoms with Crippen LogP contribution in [0, 0.1) is 13.8 Å². The molecule has 0 saturated heterocycles. The molecule has 0 unspecified atom stereocenters. The van der Waals surface area contributed by atoms with Gasteiger partial charge < -0.3 is 15.4 Å². The first-order valence-corrected chi connectivity index (χ1v) is 9.79. The molecular formula is C23H23ClN2OS. The van der Waals surface area contributed by atoms with Crippen molar-refractivity contribution in [3.05, 3.63) is 94.0 Å². The zero-order valence-corrected chi connectivity index (χ0v) is 17.7. The van der Waals surface area contributed by atoms with Gasteiger partial charge in [0, 0.05) is 5.69 Å². The second-order valence-corrected chi connectivity index (χ2v) is 7.47. The summed E-state index contributed by atoms with van der Waals surface area (Å²) in [6, 6.07) is 22.2. The summed E-state index contributed by atoms with van der Waals surface area (Å²) in [5, 5.41) is 7.72. The van der Waals surface area contributed by atoms with Crippen molar-refractivity contribution in [1.29, 1.82) is 0 Å². The Morgan fingerprint density at radius 1 is 1.00 bits per heavy atom. The number of thiocarbonyl (C=S) groups is 1. The Morgan fingerprint density at radius 2 is 1.75 bits per heavy atom. The summed E-state index contributed by atoms with van der Waals surface area (Å²) in [6.07, 6.45) is 0. The quantitative estimate of drug-likeness (QED) is 0.502. The van der Waals surface area contributed by atoms with Gasteiger partial charge in [-0.2, -0.15) is 0 Å². The number of hydrogen-bond donors (Lipinski definition) is 2. The second-order valence-electron chi connectivity index (χ2n) is 6.65. The third-order valence-corrected chi connectivity index (χ3v) is 5.07. The number of aryl methyl sites for hydroxylation is 2. The third kappa shape index (κ3) is 4.83. The minimum absolute atomic E-state index is 0.0597. The van der Waals surface area contributed by atoms with Crippen molar-refractivity contribution in [2.75, 3.05) is 12.4 Å². The van der Waals surface area contributed by atoms with Crippen molar-refractivity contribution in [1.82, 2.24) is 5.32 Å². The van der Waals surface area contributed by atoms with Gasteiger partial charge in [0.15, 0.2) is 5.11 Å². The first-order chi connectivity index (χ1) is 13.5. The predicted molar refractivity (Wildman–Crippen MR) is 122 cm³/mol. The van der Waals surface area contributed by atoms with Gasteiger partial charge in [-0.05, 0) is 61.0 Å². The van der Waals surface area contributed by atoms with E-state index < -0.39 is 0 Å². The molecule has 3 nitrogen and oxygen atoms in total. The van der Waals surface area contributed by atoms with Crippen LogP contribution in [0.3, 0.4) is 0 Å². The summed E-state index contributed by atoms with van der Waals surface area (Å²) in [5.74, 6) is 0.628. The van der Waals surface area contributed by atoms with Crippen LogP contribution in [0.2, 0.25) is 5.02 Å². The molecule has 3 rings (SSSR count). The van der Waals surface area contributed by atoms with Crippen LogP contribution in [0.5, 0.6) is 5.75 Å². The molecule has 0 bridgehead atoms. The molecule has 0 heterocycles. The van der Waals surface area contributed by atoms with E-state index in [1.807, 2.05) is 30.3 Å². The molecule has 0 fully saturated rings. The molecule has 0 amide bonds. The zero-order chi connectivity index (χ0) is 20.1. The van der Waals surface area contributed by atoms with E-state index in [0.717, 1.165) is 11.3 Å². The van der Waals surface area contributed by atoms with E-state index in [9.17, 15) is 0 Å². The number of methoxy groups -OCH3 is 1. The molecule has 0 radical (unpaired) electrons. The van der Waals surface area contributed by atoms with E-state index in [1.54, 1.807) is 13.2 Å². The molecule has 0 aliphatic heterocycles. The fourth-order valence-corrected chi connectivity index (χ4v) is 3.67. The van der Waals surface area contributed by atoms with E-state index in [1.165, 1.54) is 16.7 Å². The van der Waals surface area contributed by atoms with Crippen molar-refractivity contribution in [2.45, 2.75) is 19.9 Å². The summed E-state index contributed by atoms with van der Waals surface area (Å²) in [6.45, 7) is 4.22. The third-order valence-electron chi connectivity index (χ3n) is 4.55. The van der Waals surface area contributed by atoms with Gasteiger partial charge in [-0.25, -0.2) is 0 Å². The summed E-state index contributed by atoms with van der Waals surface area (Å²) < 4.78 is 5.20. The lowest BCUT2D eigenvalue weighted by Crippen LogP contribution is -2.33. The van der Waals surface area contributed by atoms with Crippen molar-refractivity contribution in [2.24, 2.45) is 0 Å². The summed E-state index contributed by atoms with van der Waals surface area (Å²) in [7, 11) is 1.59. The van der Waals surface area contributed by atoms with E-state index in [-0.39, 0.29) is 6.04 Å². The molecule has 0 saturated carbocycles. The van der Waals surface area contributed by atoms with Crippen LogP contribution in [0.15, 0.2) is 66.7 Å². The Balaban J connectivity index is 1.85. The molecule has 0 aromatic heterocycles. The number of nitrogens with one attached hydrogen (secondary N) is 2. The van der Waals surface area contributed by atoms with Crippen LogP contribution in [0.1, 0.15) is 28.3 Å². The predicted octanol–water partition coefficient (Wildman–Crippen LogP) is 6.04. The smallest absolute Gasteiger partial charge is 0.171 e. The molecule has 0 aliphatic carbocycles. The molecule has 1 atom stereocenters. The maximum absolute atomic E-state index is 6.22. The monoisotopic (exact) mass is 410 g/mol. The van der Waals surface area contributed by atoms with Crippen LogP contribution in [-0.4, -0.2) is 12.2 Å². The first-order valence-electron chi connectivity index (χ1n) is 9.01. The van der Waals surface area contributed by atoms with Crippen LogP contribution in [0.25, 0.3) is 0 Å². The lowest BCUT2D eigenvalue weighted by Gasteiger charge is -2.24. The van der Waals surface area contributed by atoms with Gasteiger partial charge in [-0.3, -0.25) is 0 Å². The highest BCUT2D eigenvalue weighted by Crippen LogP contribution is 2.28. The average molecular weight is 411 g/mol. The maximum atomic E-state index is 6.22. The number of halogens is 1. The minimum Gasteiger partial charge on any atom is -0.495 e. The van der Waals surface area contributed by atoms with Crippen molar-refractivity contribution in [3.8, 4) is 5.75 Å². The molecule has 3 aromatic carbocycles. The Morgan fingerprint density at radius 3 is 2.39 bits per heavy atom. The van der Waals surface area contributed by atoms with Gasteiger partial charge in [-0.1, -0.05) is 65.7 Å². The molecule has 0 spiro atoms. The number of anilines is 1. The van der Waals surface area contributed by atoms with Gasteiger partial charge in [0.05, 0.1) is 18.2 Å². The SMILES string of the molecule is COc1ccc(NC(=S)N[C@@H](c2ccccc2)c2ccc(C)cc2C)cc1Cl. The van der Waals surface area contributed by atoms with Gasteiger partial charge >= 0.3 is 0 Å². The van der Waals surface area contributed by atoms with E-state index in [2.05, 4.69) is 54.8 Å². The van der Waals surface area contributed by atoms with Crippen molar-refractivity contribution >= 4 is 34.6 Å². The van der Waals surface area contributed by atoms with Gasteiger partial charge in [-0.15, -0.1) is 0 Å². The van der Waals surface area contributed by atoms with Gasteiger partial charge in [0.2, 0.25) is 0 Å². The number of benzene rings is 3. The molecule has 0 aliphatic rings. The molecule has 2 N–H and O–H groups in total. The van der Waals surface area contributed by atoms with Gasteiger partial charge in [0.1, 0.15) is 5.75 Å². The summed E-state index contributed by atoms with van der Waals surface area (Å²) >= 11 is 11.8. The van der Waals surface area contributed by atoms with E-state index >= 15 is 0 Å². The largest absolute Gasteiger partial charge is 0.495 e. The minimum atomic E-state index is -0.0597. The fraction of sp³-hybridized carbons (Fsp3) is 0.174. The lowest BCUT2D eigenvalue weighted by molar-refractivity contribution is 0.415. The Bertz CT molecular complexity index is 976. The lowest BCUT2D eigenvalue weighted by atomic mass is 9.94.